The van der Waals surface area contributed by atoms with E-state index in [1.54, 1.807) is 24.4 Å². The average molecular weight is 416 g/mol. The third kappa shape index (κ3) is 4.57. The summed E-state index contributed by atoms with van der Waals surface area (Å²) >= 11 is 0. The van der Waals surface area contributed by atoms with Crippen molar-refractivity contribution in [2.45, 2.75) is 6.18 Å². The normalized spacial score (nSPS) is 10.9. The van der Waals surface area contributed by atoms with Crippen LogP contribution in [0.15, 0.2) is 85.1 Å². The second kappa shape index (κ2) is 8.33. The van der Waals surface area contributed by atoms with Crippen molar-refractivity contribution in [3.05, 3.63) is 107 Å². The molecule has 6 heteroatoms. The zero-order valence-electron chi connectivity index (χ0n) is 16.1. The van der Waals surface area contributed by atoms with Crippen LogP contribution >= 0.6 is 0 Å². The number of nitrogens with one attached hydrogen (secondary N) is 1. The Kier molecular flexibility index (Phi) is 5.42. The van der Waals surface area contributed by atoms with Crippen LogP contribution in [0.2, 0.25) is 0 Å². The lowest BCUT2D eigenvalue weighted by molar-refractivity contribution is -0.137. The molecule has 0 aliphatic heterocycles. The zero-order chi connectivity index (χ0) is 21.8. The number of benzene rings is 3. The fraction of sp³-hybridized carbons (Fsp3) is 0.0400. The van der Waals surface area contributed by atoms with Gasteiger partial charge in [-0.05, 0) is 60.7 Å². The van der Waals surface area contributed by atoms with Crippen LogP contribution in [0.1, 0.15) is 27.0 Å². The molecule has 1 heterocycles. The SMILES string of the molecule is O=C(Nc1ccc(C#Cc2ccccc2)c2cccnc12)c1ccc(C(F)(F)F)cc1. The number of aromatic nitrogens is 1. The molecule has 1 aromatic heterocycles. The number of amides is 1. The number of pyridine rings is 1. The molecule has 1 N–H and O–H groups in total. The maximum atomic E-state index is 12.7. The number of hydrogen-bond acceptors (Lipinski definition) is 2. The molecule has 0 aliphatic carbocycles. The van der Waals surface area contributed by atoms with Gasteiger partial charge in [0.25, 0.3) is 5.91 Å². The highest BCUT2D eigenvalue weighted by Gasteiger charge is 2.30. The van der Waals surface area contributed by atoms with Gasteiger partial charge in [0.05, 0.1) is 16.8 Å². The summed E-state index contributed by atoms with van der Waals surface area (Å²) in [5.74, 6) is 5.70. The molecule has 0 unspecified atom stereocenters. The first-order valence-corrected chi connectivity index (χ1v) is 9.35. The molecule has 3 aromatic carbocycles. The van der Waals surface area contributed by atoms with Gasteiger partial charge in [-0.1, -0.05) is 30.0 Å². The number of carbonyl (C=O) groups excluding carboxylic acids is 1. The quantitative estimate of drug-likeness (QED) is 0.413. The summed E-state index contributed by atoms with van der Waals surface area (Å²) in [6.45, 7) is 0. The number of hydrogen-bond donors (Lipinski definition) is 1. The van der Waals surface area contributed by atoms with Gasteiger partial charge < -0.3 is 5.32 Å². The Labute approximate surface area is 176 Å². The van der Waals surface area contributed by atoms with E-state index in [0.717, 1.165) is 40.8 Å². The van der Waals surface area contributed by atoms with Crippen molar-refractivity contribution >= 4 is 22.5 Å². The van der Waals surface area contributed by atoms with Crippen molar-refractivity contribution < 1.29 is 18.0 Å². The van der Waals surface area contributed by atoms with Crippen molar-refractivity contribution in [3.8, 4) is 11.8 Å². The second-order valence-electron chi connectivity index (χ2n) is 6.71. The number of rotatable bonds is 2. The maximum absolute atomic E-state index is 12.7. The lowest BCUT2D eigenvalue weighted by Crippen LogP contribution is -2.13. The van der Waals surface area contributed by atoms with Gasteiger partial charge in [-0.15, -0.1) is 0 Å². The molecular weight excluding hydrogens is 401 g/mol. The van der Waals surface area contributed by atoms with E-state index < -0.39 is 17.6 Å². The van der Waals surface area contributed by atoms with Gasteiger partial charge in [-0.2, -0.15) is 13.2 Å². The van der Waals surface area contributed by atoms with Crippen LogP contribution in [0.3, 0.4) is 0 Å². The van der Waals surface area contributed by atoms with Crippen LogP contribution in [0, 0.1) is 11.8 Å². The molecule has 152 valence electrons. The Morgan fingerprint density at radius 1 is 0.839 bits per heavy atom. The standard InChI is InChI=1S/C25H15F3N2O/c26-25(27,28)20-13-10-19(11-14-20)24(31)30-22-15-12-18(21-7-4-16-29-23(21)22)9-8-17-5-2-1-3-6-17/h1-7,10-16H,(H,30,31). The van der Waals surface area contributed by atoms with E-state index in [2.05, 4.69) is 22.1 Å². The van der Waals surface area contributed by atoms with E-state index in [-0.39, 0.29) is 5.56 Å². The number of carbonyl (C=O) groups is 1. The molecule has 0 atom stereocenters. The van der Waals surface area contributed by atoms with Gasteiger partial charge in [0.2, 0.25) is 0 Å². The Hall–Kier alpha value is -4.11. The molecule has 0 saturated heterocycles. The molecule has 0 radical (unpaired) electrons. The first-order chi connectivity index (χ1) is 14.9. The highest BCUT2D eigenvalue weighted by molar-refractivity contribution is 6.09. The Balaban J connectivity index is 1.63. The van der Waals surface area contributed by atoms with Gasteiger partial charge in [0, 0.05) is 28.3 Å². The largest absolute Gasteiger partial charge is 0.416 e. The molecule has 1 amide bonds. The molecule has 4 rings (SSSR count). The summed E-state index contributed by atoms with van der Waals surface area (Å²) in [7, 11) is 0. The van der Waals surface area contributed by atoms with Crippen LogP contribution in [0.4, 0.5) is 18.9 Å². The number of fused-ring (bicyclic) bond motifs is 1. The second-order valence-corrected chi connectivity index (χ2v) is 6.71. The number of halogens is 3. The molecule has 4 aromatic rings. The molecule has 3 nitrogen and oxygen atoms in total. The minimum absolute atomic E-state index is 0.116. The topological polar surface area (TPSA) is 42.0 Å². The Morgan fingerprint density at radius 2 is 1.58 bits per heavy atom. The number of alkyl halides is 3. The lowest BCUT2D eigenvalue weighted by Gasteiger charge is -2.10. The lowest BCUT2D eigenvalue weighted by atomic mass is 10.1. The number of anilines is 1. The van der Waals surface area contributed by atoms with Crippen molar-refractivity contribution in [1.29, 1.82) is 0 Å². The van der Waals surface area contributed by atoms with E-state index in [1.807, 2.05) is 36.4 Å². The van der Waals surface area contributed by atoms with Crippen molar-refractivity contribution in [1.82, 2.24) is 4.98 Å². The van der Waals surface area contributed by atoms with Gasteiger partial charge >= 0.3 is 6.18 Å². The van der Waals surface area contributed by atoms with Crippen LogP contribution < -0.4 is 5.32 Å². The molecule has 31 heavy (non-hydrogen) atoms. The van der Waals surface area contributed by atoms with Crippen LogP contribution in [-0.2, 0) is 6.18 Å². The van der Waals surface area contributed by atoms with Crippen LogP contribution in [0.25, 0.3) is 10.9 Å². The van der Waals surface area contributed by atoms with Crippen molar-refractivity contribution in [2.75, 3.05) is 5.32 Å². The molecule has 0 saturated carbocycles. The monoisotopic (exact) mass is 416 g/mol. The summed E-state index contributed by atoms with van der Waals surface area (Å²) in [6.07, 6.45) is -2.85. The van der Waals surface area contributed by atoms with Gasteiger partial charge in [-0.25, -0.2) is 0 Å². The molecule has 0 bridgehead atoms. The van der Waals surface area contributed by atoms with Gasteiger partial charge in [0.15, 0.2) is 0 Å². The summed E-state index contributed by atoms with van der Waals surface area (Å²) < 4.78 is 38.2. The molecular formula is C25H15F3N2O. The van der Waals surface area contributed by atoms with E-state index in [9.17, 15) is 18.0 Å². The predicted octanol–water partition coefficient (Wildman–Crippen LogP) is 5.91. The summed E-state index contributed by atoms with van der Waals surface area (Å²) in [6, 6.07) is 20.7. The molecule has 0 aliphatic rings. The summed E-state index contributed by atoms with van der Waals surface area (Å²) in [4.78, 5) is 16.9. The third-order valence-electron chi connectivity index (χ3n) is 4.61. The highest BCUT2D eigenvalue weighted by atomic mass is 19.4. The van der Waals surface area contributed by atoms with E-state index >= 15 is 0 Å². The molecule has 0 fully saturated rings. The van der Waals surface area contributed by atoms with Crippen molar-refractivity contribution in [3.63, 3.8) is 0 Å². The fourth-order valence-electron chi connectivity index (χ4n) is 3.05. The average Bonchev–Trinajstić information content (AvgIpc) is 2.79. The van der Waals surface area contributed by atoms with Gasteiger partial charge in [0.1, 0.15) is 0 Å². The number of nitrogens with zero attached hydrogens (tertiary/aromatic N) is 1. The minimum Gasteiger partial charge on any atom is -0.320 e. The smallest absolute Gasteiger partial charge is 0.320 e. The maximum Gasteiger partial charge on any atom is 0.416 e. The van der Waals surface area contributed by atoms with Crippen molar-refractivity contribution in [2.24, 2.45) is 0 Å². The predicted molar refractivity (Wildman–Crippen MR) is 114 cm³/mol. The van der Waals surface area contributed by atoms with Crippen LogP contribution in [0.5, 0.6) is 0 Å². The van der Waals surface area contributed by atoms with E-state index in [0.29, 0.717) is 11.2 Å². The van der Waals surface area contributed by atoms with E-state index in [4.69, 9.17) is 0 Å². The van der Waals surface area contributed by atoms with Crippen LogP contribution in [-0.4, -0.2) is 10.9 Å². The first-order valence-electron chi connectivity index (χ1n) is 9.35. The summed E-state index contributed by atoms with van der Waals surface area (Å²) in [5.41, 5.74) is 1.93. The minimum atomic E-state index is -4.45. The van der Waals surface area contributed by atoms with Gasteiger partial charge in [-0.3, -0.25) is 9.78 Å². The summed E-state index contributed by atoms with van der Waals surface area (Å²) in [5, 5.41) is 3.49. The Bertz CT molecular complexity index is 1300. The first kappa shape index (κ1) is 20.2. The van der Waals surface area contributed by atoms with E-state index in [1.165, 1.54) is 0 Å². The Morgan fingerprint density at radius 3 is 2.29 bits per heavy atom. The molecule has 0 spiro atoms. The highest BCUT2D eigenvalue weighted by Crippen LogP contribution is 2.29. The zero-order valence-corrected chi connectivity index (χ0v) is 16.1. The fourth-order valence-corrected chi connectivity index (χ4v) is 3.05. The third-order valence-corrected chi connectivity index (χ3v) is 4.61.